The Balaban J connectivity index is 1.71. The summed E-state index contributed by atoms with van der Waals surface area (Å²) in [6, 6.07) is 2.07. The molecule has 0 aromatic carbocycles. The average Bonchev–Trinajstić information content (AvgIpc) is 3.05. The molecule has 0 saturated carbocycles. The van der Waals surface area contributed by atoms with Gasteiger partial charge < -0.3 is 15.4 Å². The van der Waals surface area contributed by atoms with Crippen molar-refractivity contribution in [3.8, 4) is 0 Å². The van der Waals surface area contributed by atoms with Gasteiger partial charge in [0.25, 0.3) is 5.91 Å². The maximum absolute atomic E-state index is 12.0. The van der Waals surface area contributed by atoms with Crippen LogP contribution in [0.15, 0.2) is 12.3 Å². The van der Waals surface area contributed by atoms with E-state index in [2.05, 4.69) is 20.5 Å². The molecule has 0 spiro atoms. The van der Waals surface area contributed by atoms with Gasteiger partial charge in [-0.15, -0.1) is 11.8 Å². The van der Waals surface area contributed by atoms with Crippen molar-refractivity contribution < 1.29 is 14.3 Å². The van der Waals surface area contributed by atoms with Crippen LogP contribution in [-0.2, 0) is 9.53 Å². The Hall–Kier alpha value is -1.54. The van der Waals surface area contributed by atoms with Crippen LogP contribution in [0.3, 0.4) is 0 Å². The number of aromatic nitrogens is 2. The smallest absolute Gasteiger partial charge is 0.315 e. The van der Waals surface area contributed by atoms with Crippen molar-refractivity contribution in [2.24, 2.45) is 0 Å². The number of carbonyl (C=O) groups is 2. The molecule has 2 N–H and O–H groups in total. The minimum Gasteiger partial charge on any atom is -0.468 e. The molecule has 122 valence electrons. The van der Waals surface area contributed by atoms with Gasteiger partial charge in [-0.05, 0) is 25.5 Å². The summed E-state index contributed by atoms with van der Waals surface area (Å²) in [5, 5.41) is 10.5. The summed E-state index contributed by atoms with van der Waals surface area (Å²) < 4.78 is 6.41. The van der Waals surface area contributed by atoms with Gasteiger partial charge in [0.1, 0.15) is 5.69 Å². The Bertz CT molecular complexity index is 500. The molecule has 0 radical (unpaired) electrons. The van der Waals surface area contributed by atoms with Gasteiger partial charge >= 0.3 is 5.97 Å². The van der Waals surface area contributed by atoms with E-state index in [1.807, 2.05) is 10.9 Å². The highest BCUT2D eigenvalue weighted by molar-refractivity contribution is 7.99. The van der Waals surface area contributed by atoms with Gasteiger partial charge in [-0.2, -0.15) is 5.10 Å². The van der Waals surface area contributed by atoms with E-state index in [1.54, 1.807) is 6.07 Å². The van der Waals surface area contributed by atoms with Crippen molar-refractivity contribution in [3.05, 3.63) is 18.0 Å². The Morgan fingerprint density at radius 2 is 2.45 bits per heavy atom. The maximum atomic E-state index is 12.0. The number of nitrogens with one attached hydrogen (secondary N) is 2. The second kappa shape index (κ2) is 8.79. The predicted octanol–water partition coefficient (Wildman–Crippen LogP) is 0.444. The molecule has 1 fully saturated rings. The van der Waals surface area contributed by atoms with Gasteiger partial charge in [0.05, 0.1) is 18.9 Å². The van der Waals surface area contributed by atoms with Gasteiger partial charge in [0, 0.05) is 25.0 Å². The van der Waals surface area contributed by atoms with E-state index in [1.165, 1.54) is 18.9 Å². The SMILES string of the molecule is COC(=O)CSCCNC(=O)c1ccn(C2CCCNC2)n1. The molecule has 1 amide bonds. The van der Waals surface area contributed by atoms with E-state index < -0.39 is 0 Å². The van der Waals surface area contributed by atoms with E-state index in [9.17, 15) is 9.59 Å². The summed E-state index contributed by atoms with van der Waals surface area (Å²) in [5.41, 5.74) is 0.434. The van der Waals surface area contributed by atoms with E-state index in [0.29, 0.717) is 29.8 Å². The highest BCUT2D eigenvalue weighted by atomic mass is 32.2. The summed E-state index contributed by atoms with van der Waals surface area (Å²) in [5.74, 6) is 0.529. The van der Waals surface area contributed by atoms with Crippen LogP contribution < -0.4 is 10.6 Å². The first-order valence-corrected chi connectivity index (χ1v) is 8.55. The predicted molar refractivity (Wildman–Crippen MR) is 85.0 cm³/mol. The molecule has 8 heteroatoms. The second-order valence-corrected chi connectivity index (χ2v) is 6.17. The molecular formula is C14H22N4O3S. The summed E-state index contributed by atoms with van der Waals surface area (Å²) in [4.78, 5) is 22.9. The fourth-order valence-corrected chi connectivity index (χ4v) is 2.94. The molecule has 1 unspecified atom stereocenters. The molecule has 1 aliphatic heterocycles. The fraction of sp³-hybridized carbons (Fsp3) is 0.643. The Labute approximate surface area is 134 Å². The summed E-state index contributed by atoms with van der Waals surface area (Å²) in [7, 11) is 1.36. The highest BCUT2D eigenvalue weighted by Crippen LogP contribution is 2.15. The van der Waals surface area contributed by atoms with Crippen LogP contribution in [0.4, 0.5) is 0 Å². The monoisotopic (exact) mass is 326 g/mol. The number of hydrogen-bond acceptors (Lipinski definition) is 6. The number of rotatable bonds is 7. The van der Waals surface area contributed by atoms with Gasteiger partial charge in [-0.3, -0.25) is 14.3 Å². The number of carbonyl (C=O) groups excluding carboxylic acids is 2. The number of methoxy groups -OCH3 is 1. The number of esters is 1. The van der Waals surface area contributed by atoms with Crippen LogP contribution in [0.5, 0.6) is 0 Å². The first-order chi connectivity index (χ1) is 10.7. The Kier molecular flexibility index (Phi) is 6.73. The van der Waals surface area contributed by atoms with Crippen LogP contribution >= 0.6 is 11.8 Å². The molecule has 1 saturated heterocycles. The van der Waals surface area contributed by atoms with E-state index in [-0.39, 0.29) is 11.9 Å². The topological polar surface area (TPSA) is 85.2 Å². The van der Waals surface area contributed by atoms with Crippen LogP contribution in [0.25, 0.3) is 0 Å². The van der Waals surface area contributed by atoms with Crippen LogP contribution in [0.1, 0.15) is 29.4 Å². The van der Waals surface area contributed by atoms with E-state index in [0.717, 1.165) is 25.9 Å². The maximum Gasteiger partial charge on any atom is 0.315 e. The molecule has 0 aliphatic carbocycles. The van der Waals surface area contributed by atoms with Crippen molar-refractivity contribution in [3.63, 3.8) is 0 Å². The van der Waals surface area contributed by atoms with Gasteiger partial charge in [-0.1, -0.05) is 0 Å². The molecular weight excluding hydrogens is 304 g/mol. The lowest BCUT2D eigenvalue weighted by Crippen LogP contribution is -2.32. The van der Waals surface area contributed by atoms with Gasteiger partial charge in [-0.25, -0.2) is 0 Å². The third-order valence-electron chi connectivity index (χ3n) is 3.47. The van der Waals surface area contributed by atoms with Crippen molar-refractivity contribution in [1.29, 1.82) is 0 Å². The zero-order valence-electron chi connectivity index (χ0n) is 12.7. The van der Waals surface area contributed by atoms with Crippen molar-refractivity contribution in [2.45, 2.75) is 18.9 Å². The quantitative estimate of drug-likeness (QED) is 0.559. The van der Waals surface area contributed by atoms with E-state index in [4.69, 9.17) is 0 Å². The Morgan fingerprint density at radius 1 is 1.59 bits per heavy atom. The molecule has 1 aromatic rings. The first kappa shape index (κ1) is 16.8. The first-order valence-electron chi connectivity index (χ1n) is 7.39. The Morgan fingerprint density at radius 3 is 3.18 bits per heavy atom. The third-order valence-corrected chi connectivity index (χ3v) is 4.40. The van der Waals surface area contributed by atoms with Crippen LogP contribution in [0, 0.1) is 0 Å². The lowest BCUT2D eigenvalue weighted by Gasteiger charge is -2.22. The lowest BCUT2D eigenvalue weighted by molar-refractivity contribution is -0.137. The molecule has 1 atom stereocenters. The number of hydrogen-bond donors (Lipinski definition) is 2. The number of ether oxygens (including phenoxy) is 1. The molecule has 1 aliphatic rings. The summed E-state index contributed by atoms with van der Waals surface area (Å²) in [6.45, 7) is 2.44. The van der Waals surface area contributed by atoms with Gasteiger partial charge in [0.15, 0.2) is 0 Å². The molecule has 7 nitrogen and oxygen atoms in total. The minimum absolute atomic E-state index is 0.179. The van der Waals surface area contributed by atoms with Crippen LogP contribution in [0.2, 0.25) is 0 Å². The van der Waals surface area contributed by atoms with Crippen LogP contribution in [-0.4, -0.2) is 59.9 Å². The van der Waals surface area contributed by atoms with Crippen molar-refractivity contribution in [1.82, 2.24) is 20.4 Å². The lowest BCUT2D eigenvalue weighted by atomic mass is 10.1. The zero-order valence-corrected chi connectivity index (χ0v) is 13.5. The third kappa shape index (κ3) is 5.03. The highest BCUT2D eigenvalue weighted by Gasteiger charge is 2.17. The summed E-state index contributed by atoms with van der Waals surface area (Å²) >= 11 is 1.43. The standard InChI is InChI=1S/C14H22N4O3S/c1-21-13(19)10-22-8-6-16-14(20)12-4-7-18(17-12)11-3-2-5-15-9-11/h4,7,11,15H,2-3,5-6,8-10H2,1H3,(H,16,20). The average molecular weight is 326 g/mol. The largest absolute Gasteiger partial charge is 0.468 e. The number of piperidine rings is 1. The fourth-order valence-electron chi connectivity index (χ4n) is 2.26. The summed E-state index contributed by atoms with van der Waals surface area (Å²) in [6.07, 6.45) is 4.07. The molecule has 2 rings (SSSR count). The number of amides is 1. The molecule has 0 bridgehead atoms. The van der Waals surface area contributed by atoms with Crippen molar-refractivity contribution in [2.75, 3.05) is 38.2 Å². The molecule has 2 heterocycles. The molecule has 1 aromatic heterocycles. The number of nitrogens with zero attached hydrogens (tertiary/aromatic N) is 2. The minimum atomic E-state index is -0.254. The number of thioether (sulfide) groups is 1. The van der Waals surface area contributed by atoms with Gasteiger partial charge in [0.2, 0.25) is 0 Å². The zero-order chi connectivity index (χ0) is 15.8. The normalized spacial score (nSPS) is 18.0. The van der Waals surface area contributed by atoms with Crippen molar-refractivity contribution >= 4 is 23.6 Å². The second-order valence-electron chi connectivity index (χ2n) is 5.07. The van der Waals surface area contributed by atoms with E-state index >= 15 is 0 Å². The molecule has 22 heavy (non-hydrogen) atoms.